The van der Waals surface area contributed by atoms with Gasteiger partial charge >= 0.3 is 0 Å². The molecule has 1 aliphatic rings. The first kappa shape index (κ1) is 16.0. The fraction of sp³-hybridized carbons (Fsp3) is 0.750. The van der Waals surface area contributed by atoms with Crippen molar-refractivity contribution in [3.05, 3.63) is 17.5 Å². The summed E-state index contributed by atoms with van der Waals surface area (Å²) < 4.78 is 1.92. The Labute approximate surface area is 127 Å². The van der Waals surface area contributed by atoms with Crippen LogP contribution in [0.4, 0.5) is 0 Å². The summed E-state index contributed by atoms with van der Waals surface area (Å²) in [6, 6.07) is 0.138. The molecule has 0 radical (unpaired) electrons. The molecule has 5 nitrogen and oxygen atoms in total. The van der Waals surface area contributed by atoms with Gasteiger partial charge in [-0.05, 0) is 53.4 Å². The van der Waals surface area contributed by atoms with E-state index in [9.17, 15) is 4.79 Å². The first-order valence-corrected chi connectivity index (χ1v) is 7.81. The van der Waals surface area contributed by atoms with Crippen LogP contribution >= 0.6 is 0 Å². The predicted molar refractivity (Wildman–Crippen MR) is 84.2 cm³/mol. The fourth-order valence-electron chi connectivity index (χ4n) is 3.09. The van der Waals surface area contributed by atoms with Gasteiger partial charge in [-0.2, -0.15) is 5.10 Å². The van der Waals surface area contributed by atoms with Gasteiger partial charge in [-0.15, -0.1) is 0 Å². The molecule has 0 spiro atoms. The van der Waals surface area contributed by atoms with E-state index in [1.165, 1.54) is 0 Å². The molecule has 2 atom stereocenters. The molecule has 2 heterocycles. The fourth-order valence-corrected chi connectivity index (χ4v) is 3.09. The Bertz CT molecular complexity index is 513. The Morgan fingerprint density at radius 3 is 2.67 bits per heavy atom. The van der Waals surface area contributed by atoms with Crippen molar-refractivity contribution in [1.82, 2.24) is 14.7 Å². The van der Waals surface area contributed by atoms with Gasteiger partial charge in [0, 0.05) is 24.8 Å². The molecule has 1 amide bonds. The van der Waals surface area contributed by atoms with E-state index in [4.69, 9.17) is 5.73 Å². The highest BCUT2D eigenvalue weighted by Crippen LogP contribution is 2.23. The van der Waals surface area contributed by atoms with Crippen molar-refractivity contribution in [3.8, 4) is 0 Å². The molecule has 0 bridgehead atoms. The number of carbonyl (C=O) groups excluding carboxylic acids is 1. The molecule has 0 unspecified atom stereocenters. The number of hydrogen-bond donors (Lipinski definition) is 1. The third-order valence-electron chi connectivity index (χ3n) is 4.36. The van der Waals surface area contributed by atoms with Crippen molar-refractivity contribution in [2.24, 2.45) is 11.7 Å². The highest BCUT2D eigenvalue weighted by molar-refractivity contribution is 5.95. The van der Waals surface area contributed by atoms with Crippen LogP contribution in [0.5, 0.6) is 0 Å². The molecule has 2 N–H and O–H groups in total. The van der Waals surface area contributed by atoms with Crippen LogP contribution < -0.4 is 5.73 Å². The van der Waals surface area contributed by atoms with Crippen LogP contribution in [0.25, 0.3) is 0 Å². The van der Waals surface area contributed by atoms with E-state index in [1.54, 1.807) is 6.20 Å². The SMILES string of the molecule is Cc1c(C(=O)N2CCC[C@@H]([C@H](C)N)C2)cnn1C(C)(C)C. The van der Waals surface area contributed by atoms with Crippen molar-refractivity contribution in [1.29, 1.82) is 0 Å². The van der Waals surface area contributed by atoms with Crippen LogP contribution in [0.2, 0.25) is 0 Å². The Kier molecular flexibility index (Phi) is 4.42. The number of rotatable bonds is 2. The van der Waals surface area contributed by atoms with Crippen LogP contribution in [0.3, 0.4) is 0 Å². The zero-order chi connectivity index (χ0) is 15.8. The van der Waals surface area contributed by atoms with E-state index >= 15 is 0 Å². The molecular formula is C16H28N4O. The van der Waals surface area contributed by atoms with Crippen LogP contribution in [0, 0.1) is 12.8 Å². The van der Waals surface area contributed by atoms with Gasteiger partial charge in [-0.25, -0.2) is 0 Å². The van der Waals surface area contributed by atoms with Gasteiger partial charge in [0.15, 0.2) is 0 Å². The third kappa shape index (κ3) is 3.28. The minimum atomic E-state index is -0.112. The number of carbonyl (C=O) groups is 1. The molecule has 1 aromatic heterocycles. The maximum atomic E-state index is 12.8. The molecule has 0 aromatic carbocycles. The van der Waals surface area contributed by atoms with Crippen LogP contribution in [0.15, 0.2) is 6.20 Å². The lowest BCUT2D eigenvalue weighted by Crippen LogP contribution is -2.45. The molecular weight excluding hydrogens is 264 g/mol. The summed E-state index contributed by atoms with van der Waals surface area (Å²) in [5.41, 5.74) is 7.55. The Balaban J connectivity index is 2.19. The standard InChI is InChI=1S/C16H28N4O/c1-11(17)13-7-6-8-19(10-13)15(21)14-9-18-20(12(14)2)16(3,4)5/h9,11,13H,6-8,10,17H2,1-5H3/t11-,13+/m0/s1. The second-order valence-electron chi connectivity index (χ2n) is 7.24. The van der Waals surface area contributed by atoms with E-state index in [2.05, 4.69) is 25.9 Å². The zero-order valence-corrected chi connectivity index (χ0v) is 13.9. The van der Waals surface area contributed by atoms with Gasteiger partial charge in [0.05, 0.1) is 17.3 Å². The van der Waals surface area contributed by atoms with Crippen LogP contribution in [-0.4, -0.2) is 39.7 Å². The van der Waals surface area contributed by atoms with E-state index in [0.29, 0.717) is 5.92 Å². The summed E-state index contributed by atoms with van der Waals surface area (Å²) >= 11 is 0. The average Bonchev–Trinajstić information content (AvgIpc) is 2.79. The molecule has 1 aromatic rings. The van der Waals surface area contributed by atoms with Crippen LogP contribution in [-0.2, 0) is 5.54 Å². The Morgan fingerprint density at radius 2 is 2.14 bits per heavy atom. The summed E-state index contributed by atoms with van der Waals surface area (Å²) in [6.07, 6.45) is 3.85. The highest BCUT2D eigenvalue weighted by Gasteiger charge is 2.29. The van der Waals surface area contributed by atoms with E-state index in [1.807, 2.05) is 23.4 Å². The molecule has 5 heteroatoms. The first-order chi connectivity index (χ1) is 9.71. The average molecular weight is 292 g/mol. The molecule has 118 valence electrons. The van der Waals surface area contributed by atoms with Crippen molar-refractivity contribution in [2.45, 2.75) is 59.0 Å². The number of piperidine rings is 1. The molecule has 1 fully saturated rings. The molecule has 2 rings (SSSR count). The van der Waals surface area contributed by atoms with Crippen molar-refractivity contribution in [2.75, 3.05) is 13.1 Å². The summed E-state index contributed by atoms with van der Waals surface area (Å²) in [5.74, 6) is 0.494. The number of nitrogens with zero attached hydrogens (tertiary/aromatic N) is 3. The van der Waals surface area contributed by atoms with Crippen LogP contribution in [0.1, 0.15) is 56.6 Å². The number of nitrogens with two attached hydrogens (primary N) is 1. The second kappa shape index (κ2) is 5.79. The molecule has 1 saturated heterocycles. The lowest BCUT2D eigenvalue weighted by atomic mass is 9.92. The number of amides is 1. The maximum Gasteiger partial charge on any atom is 0.257 e. The van der Waals surface area contributed by atoms with Crippen molar-refractivity contribution in [3.63, 3.8) is 0 Å². The maximum absolute atomic E-state index is 12.8. The van der Waals surface area contributed by atoms with Gasteiger partial charge in [-0.1, -0.05) is 0 Å². The summed E-state index contributed by atoms with van der Waals surface area (Å²) in [5, 5.41) is 4.40. The lowest BCUT2D eigenvalue weighted by Gasteiger charge is -2.34. The summed E-state index contributed by atoms with van der Waals surface area (Å²) in [7, 11) is 0. The topological polar surface area (TPSA) is 64.2 Å². The monoisotopic (exact) mass is 292 g/mol. The van der Waals surface area contributed by atoms with Gasteiger partial charge < -0.3 is 10.6 Å². The van der Waals surface area contributed by atoms with E-state index < -0.39 is 0 Å². The minimum absolute atomic E-state index is 0.0911. The summed E-state index contributed by atoms with van der Waals surface area (Å²) in [6.45, 7) is 11.9. The Hall–Kier alpha value is -1.36. The normalized spacial score (nSPS) is 21.4. The lowest BCUT2D eigenvalue weighted by molar-refractivity contribution is 0.0660. The Morgan fingerprint density at radius 1 is 1.48 bits per heavy atom. The van der Waals surface area contributed by atoms with Gasteiger partial charge in [0.2, 0.25) is 0 Å². The van der Waals surface area contributed by atoms with Gasteiger partial charge in [0.25, 0.3) is 5.91 Å². The summed E-state index contributed by atoms with van der Waals surface area (Å²) in [4.78, 5) is 14.7. The van der Waals surface area contributed by atoms with E-state index in [-0.39, 0.29) is 17.5 Å². The van der Waals surface area contributed by atoms with Gasteiger partial charge in [-0.3, -0.25) is 9.48 Å². The zero-order valence-electron chi connectivity index (χ0n) is 13.9. The number of likely N-dealkylation sites (tertiary alicyclic amines) is 1. The second-order valence-corrected chi connectivity index (χ2v) is 7.24. The number of aromatic nitrogens is 2. The molecule has 0 aliphatic carbocycles. The minimum Gasteiger partial charge on any atom is -0.338 e. The molecule has 0 saturated carbocycles. The van der Waals surface area contributed by atoms with Crippen molar-refractivity contribution >= 4 is 5.91 Å². The van der Waals surface area contributed by atoms with Gasteiger partial charge in [0.1, 0.15) is 0 Å². The smallest absolute Gasteiger partial charge is 0.257 e. The predicted octanol–water partition coefficient (Wildman–Crippen LogP) is 2.15. The van der Waals surface area contributed by atoms with E-state index in [0.717, 1.165) is 37.2 Å². The molecule has 1 aliphatic heterocycles. The first-order valence-electron chi connectivity index (χ1n) is 7.81. The third-order valence-corrected chi connectivity index (χ3v) is 4.36. The van der Waals surface area contributed by atoms with Crippen molar-refractivity contribution < 1.29 is 4.79 Å². The highest BCUT2D eigenvalue weighted by atomic mass is 16.2. The molecule has 21 heavy (non-hydrogen) atoms. The number of hydrogen-bond acceptors (Lipinski definition) is 3. The quantitative estimate of drug-likeness (QED) is 0.908. The largest absolute Gasteiger partial charge is 0.338 e.